The van der Waals surface area contributed by atoms with E-state index in [0.717, 1.165) is 11.8 Å². The van der Waals surface area contributed by atoms with Crippen LogP contribution < -0.4 is 10.1 Å². The Balaban J connectivity index is 2.59. The molecule has 0 saturated carbocycles. The van der Waals surface area contributed by atoms with Crippen molar-refractivity contribution in [3.05, 3.63) is 23.8 Å². The summed E-state index contributed by atoms with van der Waals surface area (Å²) in [7, 11) is -1.49. The molecule has 6 heteroatoms. The first-order valence-electron chi connectivity index (χ1n) is 5.94. The van der Waals surface area contributed by atoms with Crippen LogP contribution in [0.3, 0.4) is 0 Å². The van der Waals surface area contributed by atoms with Crippen LogP contribution in [0.25, 0.3) is 0 Å². The molecule has 19 heavy (non-hydrogen) atoms. The Morgan fingerprint density at radius 2 is 2.05 bits per heavy atom. The maximum atomic E-state index is 11.7. The maximum Gasteiger partial charge on any atom is 0.224 e. The summed E-state index contributed by atoms with van der Waals surface area (Å²) < 4.78 is 27.1. The molecular weight excluding hydrogens is 266 g/mol. The van der Waals surface area contributed by atoms with Crippen molar-refractivity contribution in [2.45, 2.75) is 19.8 Å². The van der Waals surface area contributed by atoms with Gasteiger partial charge in [0.2, 0.25) is 5.91 Å². The molecule has 5 nitrogen and oxygen atoms in total. The molecule has 0 unspecified atom stereocenters. The molecule has 0 aliphatic heterocycles. The van der Waals surface area contributed by atoms with Gasteiger partial charge < -0.3 is 10.1 Å². The van der Waals surface area contributed by atoms with Gasteiger partial charge in [0.1, 0.15) is 15.6 Å². The summed E-state index contributed by atoms with van der Waals surface area (Å²) in [6.07, 6.45) is 1.65. The van der Waals surface area contributed by atoms with Crippen LogP contribution in [0.5, 0.6) is 5.75 Å². The third-order valence-corrected chi connectivity index (χ3v) is 3.58. The van der Waals surface area contributed by atoms with Crippen LogP contribution in [0.1, 0.15) is 18.4 Å². The number of amides is 1. The molecule has 0 radical (unpaired) electrons. The maximum absolute atomic E-state index is 11.7. The molecule has 0 aromatic heterocycles. The lowest BCUT2D eigenvalue weighted by Gasteiger charge is -2.10. The Morgan fingerprint density at radius 1 is 1.37 bits per heavy atom. The zero-order chi connectivity index (χ0) is 14.5. The van der Waals surface area contributed by atoms with E-state index in [-0.39, 0.29) is 18.1 Å². The summed E-state index contributed by atoms with van der Waals surface area (Å²) >= 11 is 0. The van der Waals surface area contributed by atoms with Gasteiger partial charge in [-0.2, -0.15) is 0 Å². The summed E-state index contributed by atoms with van der Waals surface area (Å²) in [5, 5.41) is 2.73. The summed E-state index contributed by atoms with van der Waals surface area (Å²) in [5.41, 5.74) is 1.61. The number of aryl methyl sites for hydroxylation is 1. The topological polar surface area (TPSA) is 72.5 Å². The van der Waals surface area contributed by atoms with Crippen LogP contribution in [0, 0.1) is 6.92 Å². The van der Waals surface area contributed by atoms with Crippen molar-refractivity contribution in [3.8, 4) is 5.75 Å². The molecule has 1 N–H and O–H groups in total. The van der Waals surface area contributed by atoms with E-state index in [1.165, 1.54) is 7.11 Å². The number of sulfone groups is 1. The smallest absolute Gasteiger partial charge is 0.224 e. The van der Waals surface area contributed by atoms with E-state index in [1.807, 2.05) is 19.1 Å². The normalized spacial score (nSPS) is 11.1. The molecule has 0 aliphatic carbocycles. The van der Waals surface area contributed by atoms with Crippen molar-refractivity contribution in [1.29, 1.82) is 0 Å². The third-order valence-electron chi connectivity index (χ3n) is 2.55. The molecule has 0 heterocycles. The van der Waals surface area contributed by atoms with E-state index in [4.69, 9.17) is 4.74 Å². The Hall–Kier alpha value is -1.56. The number of anilines is 1. The van der Waals surface area contributed by atoms with Crippen molar-refractivity contribution < 1.29 is 17.9 Å². The van der Waals surface area contributed by atoms with Crippen molar-refractivity contribution >= 4 is 21.4 Å². The molecule has 1 aromatic carbocycles. The summed E-state index contributed by atoms with van der Waals surface area (Å²) in [6, 6.07) is 5.48. The highest BCUT2D eigenvalue weighted by molar-refractivity contribution is 7.90. The van der Waals surface area contributed by atoms with Crippen LogP contribution in [-0.4, -0.2) is 33.4 Å². The minimum Gasteiger partial charge on any atom is -0.495 e. The van der Waals surface area contributed by atoms with E-state index in [9.17, 15) is 13.2 Å². The number of carbonyl (C=O) groups is 1. The number of hydrogen-bond donors (Lipinski definition) is 1. The van der Waals surface area contributed by atoms with Crippen LogP contribution in [0.15, 0.2) is 18.2 Å². The highest BCUT2D eigenvalue weighted by atomic mass is 32.2. The van der Waals surface area contributed by atoms with Crippen molar-refractivity contribution in [2.24, 2.45) is 0 Å². The van der Waals surface area contributed by atoms with Gasteiger partial charge in [-0.1, -0.05) is 6.07 Å². The van der Waals surface area contributed by atoms with Gasteiger partial charge in [0.15, 0.2) is 0 Å². The van der Waals surface area contributed by atoms with E-state index < -0.39 is 9.84 Å². The fourth-order valence-electron chi connectivity index (χ4n) is 1.63. The second-order valence-corrected chi connectivity index (χ2v) is 6.75. The number of ether oxygens (including phenoxy) is 1. The van der Waals surface area contributed by atoms with Crippen LogP contribution >= 0.6 is 0 Å². The Labute approximate surface area is 113 Å². The summed E-state index contributed by atoms with van der Waals surface area (Å²) in [4.78, 5) is 11.7. The quantitative estimate of drug-likeness (QED) is 0.864. The molecule has 0 bridgehead atoms. The number of rotatable bonds is 6. The van der Waals surface area contributed by atoms with Gasteiger partial charge in [-0.05, 0) is 31.0 Å². The van der Waals surface area contributed by atoms with Crippen molar-refractivity contribution in [1.82, 2.24) is 0 Å². The van der Waals surface area contributed by atoms with E-state index in [0.29, 0.717) is 17.9 Å². The Kier molecular flexibility index (Phi) is 5.35. The van der Waals surface area contributed by atoms with E-state index in [1.54, 1.807) is 6.07 Å². The van der Waals surface area contributed by atoms with E-state index in [2.05, 4.69) is 5.32 Å². The van der Waals surface area contributed by atoms with Gasteiger partial charge in [0, 0.05) is 12.7 Å². The fourth-order valence-corrected chi connectivity index (χ4v) is 2.30. The SMILES string of the molecule is COc1ccc(C)cc1NC(=O)CCCS(C)(=O)=O. The molecule has 0 spiro atoms. The second-order valence-electron chi connectivity index (χ2n) is 4.49. The molecule has 0 aliphatic rings. The molecular formula is C13H19NO4S. The number of benzene rings is 1. The number of nitrogens with one attached hydrogen (secondary N) is 1. The van der Waals surface area contributed by atoms with Crippen molar-refractivity contribution in [3.63, 3.8) is 0 Å². The van der Waals surface area contributed by atoms with Gasteiger partial charge in [0.25, 0.3) is 0 Å². The number of methoxy groups -OCH3 is 1. The lowest BCUT2D eigenvalue weighted by atomic mass is 10.2. The molecule has 1 aromatic rings. The highest BCUT2D eigenvalue weighted by Crippen LogP contribution is 2.25. The number of carbonyl (C=O) groups excluding carboxylic acids is 1. The van der Waals surface area contributed by atoms with Gasteiger partial charge in [0.05, 0.1) is 18.6 Å². The predicted molar refractivity (Wildman–Crippen MR) is 75.3 cm³/mol. The van der Waals surface area contributed by atoms with Gasteiger partial charge >= 0.3 is 0 Å². The lowest BCUT2D eigenvalue weighted by Crippen LogP contribution is -2.14. The summed E-state index contributed by atoms with van der Waals surface area (Å²) in [5.74, 6) is 0.389. The minimum absolute atomic E-state index is 0.0192. The van der Waals surface area contributed by atoms with Gasteiger partial charge in [-0.25, -0.2) is 8.42 Å². The molecule has 0 saturated heterocycles. The largest absolute Gasteiger partial charge is 0.495 e. The monoisotopic (exact) mass is 285 g/mol. The van der Waals surface area contributed by atoms with Gasteiger partial charge in [-0.15, -0.1) is 0 Å². The predicted octanol–water partition coefficient (Wildman–Crippen LogP) is 1.77. The average molecular weight is 285 g/mol. The van der Waals surface area contributed by atoms with Gasteiger partial charge in [-0.3, -0.25) is 4.79 Å². The first kappa shape index (κ1) is 15.5. The summed E-state index contributed by atoms with van der Waals surface area (Å²) in [6.45, 7) is 1.92. The Morgan fingerprint density at radius 3 is 2.63 bits per heavy atom. The first-order valence-corrected chi connectivity index (χ1v) is 8.00. The molecule has 0 atom stereocenters. The van der Waals surface area contributed by atoms with E-state index >= 15 is 0 Å². The lowest BCUT2D eigenvalue weighted by molar-refractivity contribution is -0.116. The number of hydrogen-bond acceptors (Lipinski definition) is 4. The second kappa shape index (κ2) is 6.56. The van der Waals surface area contributed by atoms with Crippen LogP contribution in [0.4, 0.5) is 5.69 Å². The third kappa shape index (κ3) is 5.74. The standard InChI is InChI=1S/C13H19NO4S/c1-10-6-7-12(18-2)11(9-10)14-13(15)5-4-8-19(3,16)17/h6-7,9H,4-5,8H2,1-3H3,(H,14,15). The molecule has 106 valence electrons. The highest BCUT2D eigenvalue weighted by Gasteiger charge is 2.09. The molecule has 1 rings (SSSR count). The minimum atomic E-state index is -3.02. The van der Waals surface area contributed by atoms with Crippen LogP contribution in [-0.2, 0) is 14.6 Å². The fraction of sp³-hybridized carbons (Fsp3) is 0.462. The average Bonchev–Trinajstić information content (AvgIpc) is 2.27. The molecule has 1 amide bonds. The first-order chi connectivity index (χ1) is 8.81. The van der Waals surface area contributed by atoms with Crippen LogP contribution in [0.2, 0.25) is 0 Å². The zero-order valence-corrected chi connectivity index (χ0v) is 12.2. The zero-order valence-electron chi connectivity index (χ0n) is 11.4. The Bertz CT molecular complexity index is 552. The molecule has 0 fully saturated rings. The van der Waals surface area contributed by atoms with Crippen molar-refractivity contribution in [2.75, 3.05) is 24.4 Å².